The molecule has 1 heterocycles. The van der Waals surface area contributed by atoms with Gasteiger partial charge in [-0.15, -0.1) is 0 Å². The lowest BCUT2D eigenvalue weighted by Crippen LogP contribution is -2.14. The molecule has 19 heavy (non-hydrogen) atoms. The van der Waals surface area contributed by atoms with Gasteiger partial charge in [0, 0.05) is 11.8 Å². The lowest BCUT2D eigenvalue weighted by atomic mass is 10.0. The molecule has 0 atom stereocenters. The van der Waals surface area contributed by atoms with Gasteiger partial charge in [-0.2, -0.15) is 5.26 Å². The molecule has 0 amide bonds. The predicted molar refractivity (Wildman–Crippen MR) is 70.5 cm³/mol. The van der Waals surface area contributed by atoms with Gasteiger partial charge in [-0.1, -0.05) is 30.3 Å². The zero-order valence-corrected chi connectivity index (χ0v) is 10.00. The van der Waals surface area contributed by atoms with Crippen LogP contribution in [0.2, 0.25) is 0 Å². The summed E-state index contributed by atoms with van der Waals surface area (Å²) in [6, 6.07) is 13.2. The Labute approximate surface area is 110 Å². The van der Waals surface area contributed by atoms with Crippen molar-refractivity contribution < 1.29 is 9.90 Å². The van der Waals surface area contributed by atoms with Gasteiger partial charge in [0.2, 0.25) is 0 Å². The Morgan fingerprint density at radius 3 is 2.68 bits per heavy atom. The van der Waals surface area contributed by atoms with Gasteiger partial charge >= 0.3 is 5.97 Å². The van der Waals surface area contributed by atoms with Gasteiger partial charge in [-0.05, 0) is 11.6 Å². The minimum Gasteiger partial charge on any atom is -0.480 e. The molecule has 5 heteroatoms. The van der Waals surface area contributed by atoms with Crippen LogP contribution in [0.3, 0.4) is 0 Å². The first-order chi connectivity index (χ1) is 9.22. The molecule has 0 saturated heterocycles. The van der Waals surface area contributed by atoms with Crippen molar-refractivity contribution in [1.82, 2.24) is 4.98 Å². The molecule has 0 unspecified atom stereocenters. The molecule has 2 aromatic rings. The first-order valence-corrected chi connectivity index (χ1v) is 5.62. The highest BCUT2D eigenvalue weighted by molar-refractivity contribution is 5.78. The Morgan fingerprint density at radius 2 is 2.05 bits per heavy atom. The highest BCUT2D eigenvalue weighted by atomic mass is 16.4. The number of nitriles is 1. The molecular formula is C14H11N3O2. The third kappa shape index (κ3) is 2.87. The molecule has 0 aliphatic heterocycles. The molecule has 94 valence electrons. The van der Waals surface area contributed by atoms with Crippen LogP contribution in [0.15, 0.2) is 42.6 Å². The van der Waals surface area contributed by atoms with E-state index in [1.165, 1.54) is 0 Å². The average Bonchev–Trinajstić information content (AvgIpc) is 2.45. The lowest BCUT2D eigenvalue weighted by Gasteiger charge is -2.09. The van der Waals surface area contributed by atoms with E-state index in [1.807, 2.05) is 30.3 Å². The molecule has 0 aliphatic rings. The maximum Gasteiger partial charge on any atom is 0.322 e. The van der Waals surface area contributed by atoms with Crippen LogP contribution in [0.5, 0.6) is 0 Å². The zero-order chi connectivity index (χ0) is 13.7. The molecule has 0 saturated carbocycles. The summed E-state index contributed by atoms with van der Waals surface area (Å²) in [5.41, 5.74) is 1.96. The topological polar surface area (TPSA) is 86.0 Å². The van der Waals surface area contributed by atoms with Crippen LogP contribution in [0.1, 0.15) is 5.56 Å². The van der Waals surface area contributed by atoms with Crippen LogP contribution in [0, 0.1) is 11.3 Å². The molecular weight excluding hydrogens is 242 g/mol. The number of aromatic nitrogens is 1. The number of nitrogens with zero attached hydrogens (tertiary/aromatic N) is 2. The maximum absolute atomic E-state index is 10.6. The normalized spacial score (nSPS) is 9.63. The molecule has 0 spiro atoms. The molecule has 0 aliphatic carbocycles. The van der Waals surface area contributed by atoms with Gasteiger partial charge in [0.1, 0.15) is 24.0 Å². The van der Waals surface area contributed by atoms with Crippen molar-refractivity contribution >= 4 is 11.8 Å². The van der Waals surface area contributed by atoms with E-state index in [2.05, 4.69) is 16.4 Å². The van der Waals surface area contributed by atoms with E-state index >= 15 is 0 Å². The Morgan fingerprint density at radius 1 is 1.32 bits per heavy atom. The first-order valence-electron chi connectivity index (χ1n) is 5.62. The van der Waals surface area contributed by atoms with E-state index in [4.69, 9.17) is 5.11 Å². The van der Waals surface area contributed by atoms with Gasteiger partial charge in [0.15, 0.2) is 0 Å². The fourth-order valence-corrected chi connectivity index (χ4v) is 1.73. The van der Waals surface area contributed by atoms with E-state index in [-0.39, 0.29) is 12.4 Å². The Hall–Kier alpha value is -2.87. The Bertz CT molecular complexity index is 633. The molecule has 2 rings (SSSR count). The summed E-state index contributed by atoms with van der Waals surface area (Å²) in [5.74, 6) is -0.720. The number of anilines is 1. The average molecular weight is 253 g/mol. The van der Waals surface area contributed by atoms with E-state index in [1.54, 1.807) is 12.3 Å². The van der Waals surface area contributed by atoms with E-state index in [0.29, 0.717) is 5.56 Å². The lowest BCUT2D eigenvalue weighted by molar-refractivity contribution is -0.134. The maximum atomic E-state index is 10.6. The molecule has 1 aromatic heterocycles. The number of pyridine rings is 1. The zero-order valence-electron chi connectivity index (χ0n) is 10.00. The highest BCUT2D eigenvalue weighted by Gasteiger charge is 2.11. The number of rotatable bonds is 4. The molecule has 2 N–H and O–H groups in total. The van der Waals surface area contributed by atoms with Gasteiger partial charge in [0.05, 0.1) is 0 Å². The molecule has 0 fully saturated rings. The van der Waals surface area contributed by atoms with Crippen molar-refractivity contribution in [3.8, 4) is 17.2 Å². The Balaban J connectivity index is 2.43. The fraction of sp³-hybridized carbons (Fsp3) is 0.0714. The highest BCUT2D eigenvalue weighted by Crippen LogP contribution is 2.26. The third-order valence-corrected chi connectivity index (χ3v) is 2.55. The van der Waals surface area contributed by atoms with Crippen LogP contribution >= 0.6 is 0 Å². The fourth-order valence-electron chi connectivity index (χ4n) is 1.73. The van der Waals surface area contributed by atoms with E-state index in [0.717, 1.165) is 11.1 Å². The van der Waals surface area contributed by atoms with Crippen molar-refractivity contribution in [2.45, 2.75) is 0 Å². The van der Waals surface area contributed by atoms with Crippen molar-refractivity contribution in [1.29, 1.82) is 5.26 Å². The smallest absolute Gasteiger partial charge is 0.322 e. The number of benzene rings is 1. The number of hydrogen-bond acceptors (Lipinski definition) is 4. The second-order valence-electron chi connectivity index (χ2n) is 3.81. The van der Waals surface area contributed by atoms with Gasteiger partial charge in [-0.25, -0.2) is 4.98 Å². The standard InChI is InChI=1S/C14H11N3O2/c15-8-12-11(10-4-2-1-3-5-10)6-7-16-14(12)17-9-13(18)19/h1-7H,9H2,(H,16,17)(H,18,19). The predicted octanol–water partition coefficient (Wildman–Crippen LogP) is 2.12. The summed E-state index contributed by atoms with van der Waals surface area (Å²) < 4.78 is 0. The van der Waals surface area contributed by atoms with Gasteiger partial charge in [-0.3, -0.25) is 4.79 Å². The van der Waals surface area contributed by atoms with Crippen molar-refractivity contribution in [3.05, 3.63) is 48.2 Å². The summed E-state index contributed by atoms with van der Waals surface area (Å²) in [4.78, 5) is 14.6. The number of aliphatic carboxylic acids is 1. The largest absolute Gasteiger partial charge is 0.480 e. The number of carboxylic acids is 1. The quantitative estimate of drug-likeness (QED) is 0.871. The minimum absolute atomic E-state index is 0.278. The van der Waals surface area contributed by atoms with Crippen molar-refractivity contribution in [2.75, 3.05) is 11.9 Å². The van der Waals surface area contributed by atoms with Crippen LogP contribution in [-0.2, 0) is 4.79 Å². The number of carboxylic acid groups (broad SMARTS) is 1. The molecule has 5 nitrogen and oxygen atoms in total. The van der Waals surface area contributed by atoms with Crippen molar-refractivity contribution in [2.24, 2.45) is 0 Å². The minimum atomic E-state index is -1.00. The van der Waals surface area contributed by atoms with E-state index in [9.17, 15) is 10.1 Å². The van der Waals surface area contributed by atoms with Crippen molar-refractivity contribution in [3.63, 3.8) is 0 Å². The van der Waals surface area contributed by atoms with Gasteiger partial charge < -0.3 is 10.4 Å². The summed E-state index contributed by atoms with van der Waals surface area (Å²) in [6.07, 6.45) is 1.55. The van der Waals surface area contributed by atoms with Gasteiger partial charge in [0.25, 0.3) is 0 Å². The summed E-state index contributed by atoms with van der Waals surface area (Å²) >= 11 is 0. The molecule has 1 aromatic carbocycles. The van der Waals surface area contributed by atoms with Crippen LogP contribution in [-0.4, -0.2) is 22.6 Å². The number of carbonyl (C=O) groups is 1. The summed E-state index contributed by atoms with van der Waals surface area (Å²) in [7, 11) is 0. The summed E-state index contributed by atoms with van der Waals surface area (Å²) in [6.45, 7) is -0.278. The van der Waals surface area contributed by atoms with Crippen LogP contribution in [0.25, 0.3) is 11.1 Å². The SMILES string of the molecule is N#Cc1c(-c2ccccc2)ccnc1NCC(=O)O. The number of hydrogen-bond donors (Lipinski definition) is 2. The first kappa shape index (κ1) is 12.6. The monoisotopic (exact) mass is 253 g/mol. The van der Waals surface area contributed by atoms with Crippen LogP contribution in [0.4, 0.5) is 5.82 Å². The number of nitrogens with one attached hydrogen (secondary N) is 1. The Kier molecular flexibility index (Phi) is 3.74. The van der Waals surface area contributed by atoms with Crippen LogP contribution < -0.4 is 5.32 Å². The second-order valence-corrected chi connectivity index (χ2v) is 3.81. The van der Waals surface area contributed by atoms with E-state index < -0.39 is 5.97 Å². The molecule has 0 bridgehead atoms. The summed E-state index contributed by atoms with van der Waals surface area (Å²) in [5, 5.41) is 20.5. The second kappa shape index (κ2) is 5.65. The third-order valence-electron chi connectivity index (χ3n) is 2.55. The molecule has 0 radical (unpaired) electrons.